The molecule has 130 valence electrons. The Morgan fingerprint density at radius 3 is 2.84 bits per heavy atom. The zero-order valence-electron chi connectivity index (χ0n) is 14.7. The topological polar surface area (TPSA) is 51.2 Å². The molecule has 25 heavy (non-hydrogen) atoms. The number of pyridine rings is 1. The molecule has 2 heterocycles. The molecule has 1 N–H and O–H groups in total. The molecule has 3 aromatic rings. The van der Waals surface area contributed by atoms with Crippen LogP contribution in [-0.2, 0) is 11.2 Å². The van der Waals surface area contributed by atoms with Crippen LogP contribution < -0.4 is 5.32 Å². The van der Waals surface area contributed by atoms with Crippen molar-refractivity contribution in [2.75, 3.05) is 6.54 Å². The average Bonchev–Trinajstić information content (AvgIpc) is 3.02. The molecule has 4 nitrogen and oxygen atoms in total. The van der Waals surface area contributed by atoms with Crippen LogP contribution in [0.2, 0.25) is 0 Å². The Balaban J connectivity index is 1.76. The Hall–Kier alpha value is -2.40. The molecule has 1 amide bonds. The largest absolute Gasteiger partial charge is 0.444 e. The lowest BCUT2D eigenvalue weighted by molar-refractivity contribution is 0.0528. The standard InChI is InChI=1S/C20H22N2O2S/c1-20(2,3)24-19(23)22-11-7-15-13-21-10-8-16(15)17-6-4-5-14-9-12-25-18(14)17/h4-6,8-10,12-13H,7,11H2,1-3H3,(H,22,23). The molecular formula is C20H22N2O2S. The van der Waals surface area contributed by atoms with Crippen molar-refractivity contribution in [3.63, 3.8) is 0 Å². The molecule has 0 radical (unpaired) electrons. The number of amides is 1. The van der Waals surface area contributed by atoms with Gasteiger partial charge in [-0.2, -0.15) is 0 Å². The second kappa shape index (κ2) is 7.23. The number of carbonyl (C=O) groups is 1. The fourth-order valence-electron chi connectivity index (χ4n) is 2.71. The van der Waals surface area contributed by atoms with Crippen LogP contribution in [0.15, 0.2) is 48.1 Å². The van der Waals surface area contributed by atoms with Crippen molar-refractivity contribution in [3.05, 3.63) is 53.7 Å². The molecule has 0 spiro atoms. The van der Waals surface area contributed by atoms with E-state index in [1.165, 1.54) is 15.6 Å². The van der Waals surface area contributed by atoms with Gasteiger partial charge >= 0.3 is 6.09 Å². The second-order valence-corrected chi connectivity index (χ2v) is 7.77. The lowest BCUT2D eigenvalue weighted by Crippen LogP contribution is -2.33. The summed E-state index contributed by atoms with van der Waals surface area (Å²) < 4.78 is 6.55. The van der Waals surface area contributed by atoms with Crippen molar-refractivity contribution in [3.8, 4) is 11.1 Å². The van der Waals surface area contributed by atoms with Gasteiger partial charge in [0.15, 0.2) is 0 Å². The Morgan fingerprint density at radius 2 is 2.04 bits per heavy atom. The van der Waals surface area contributed by atoms with E-state index in [4.69, 9.17) is 4.74 Å². The van der Waals surface area contributed by atoms with E-state index < -0.39 is 11.7 Å². The minimum Gasteiger partial charge on any atom is -0.444 e. The van der Waals surface area contributed by atoms with Gasteiger partial charge in [-0.15, -0.1) is 11.3 Å². The highest BCUT2D eigenvalue weighted by Gasteiger charge is 2.16. The van der Waals surface area contributed by atoms with Crippen LogP contribution >= 0.6 is 11.3 Å². The molecule has 0 aliphatic heterocycles. The van der Waals surface area contributed by atoms with Crippen LogP contribution in [0.3, 0.4) is 0 Å². The highest BCUT2D eigenvalue weighted by Crippen LogP contribution is 2.34. The number of nitrogens with zero attached hydrogens (tertiary/aromatic N) is 1. The number of aromatic nitrogens is 1. The van der Waals surface area contributed by atoms with E-state index in [2.05, 4.69) is 39.9 Å². The second-order valence-electron chi connectivity index (χ2n) is 6.86. The molecular weight excluding hydrogens is 332 g/mol. The fourth-order valence-corrected chi connectivity index (χ4v) is 3.64. The van der Waals surface area contributed by atoms with Gasteiger partial charge in [-0.3, -0.25) is 4.98 Å². The van der Waals surface area contributed by atoms with E-state index in [0.29, 0.717) is 13.0 Å². The number of hydrogen-bond donors (Lipinski definition) is 1. The predicted octanol–water partition coefficient (Wildman–Crippen LogP) is 5.03. The number of benzene rings is 1. The molecule has 0 saturated heterocycles. The number of fused-ring (bicyclic) bond motifs is 1. The molecule has 0 bridgehead atoms. The highest BCUT2D eigenvalue weighted by molar-refractivity contribution is 7.17. The van der Waals surface area contributed by atoms with Gasteiger partial charge in [-0.1, -0.05) is 18.2 Å². The molecule has 2 aromatic heterocycles. The number of carbonyl (C=O) groups excluding carboxylic acids is 1. The van der Waals surface area contributed by atoms with Gasteiger partial charge in [0.25, 0.3) is 0 Å². The molecule has 0 fully saturated rings. The first-order valence-electron chi connectivity index (χ1n) is 8.30. The first kappa shape index (κ1) is 17.4. The molecule has 1 aromatic carbocycles. The minimum atomic E-state index is -0.488. The summed E-state index contributed by atoms with van der Waals surface area (Å²) in [6.45, 7) is 6.07. The molecule has 5 heteroatoms. The summed E-state index contributed by atoms with van der Waals surface area (Å²) >= 11 is 1.74. The Morgan fingerprint density at radius 1 is 1.20 bits per heavy atom. The maximum absolute atomic E-state index is 11.8. The predicted molar refractivity (Wildman–Crippen MR) is 103 cm³/mol. The third kappa shape index (κ3) is 4.37. The third-order valence-electron chi connectivity index (χ3n) is 3.74. The minimum absolute atomic E-state index is 0.390. The van der Waals surface area contributed by atoms with Crippen molar-refractivity contribution in [2.45, 2.75) is 32.8 Å². The number of thiophene rings is 1. The smallest absolute Gasteiger partial charge is 0.407 e. The van der Waals surface area contributed by atoms with Crippen LogP contribution in [0.4, 0.5) is 4.79 Å². The van der Waals surface area contributed by atoms with E-state index in [1.807, 2.05) is 39.2 Å². The zero-order valence-corrected chi connectivity index (χ0v) is 15.5. The monoisotopic (exact) mass is 354 g/mol. The maximum atomic E-state index is 11.8. The first-order valence-corrected chi connectivity index (χ1v) is 9.18. The summed E-state index contributed by atoms with van der Waals surface area (Å²) in [5.41, 5.74) is 2.99. The van der Waals surface area contributed by atoms with Gasteiger partial charge in [0.05, 0.1) is 0 Å². The van der Waals surface area contributed by atoms with E-state index in [-0.39, 0.29) is 0 Å². The number of rotatable bonds is 4. The lowest BCUT2D eigenvalue weighted by Gasteiger charge is -2.19. The lowest BCUT2D eigenvalue weighted by atomic mass is 9.99. The van der Waals surface area contributed by atoms with Crippen molar-refractivity contribution >= 4 is 27.5 Å². The maximum Gasteiger partial charge on any atom is 0.407 e. The number of hydrogen-bond acceptors (Lipinski definition) is 4. The number of alkyl carbamates (subject to hydrolysis) is 1. The quantitative estimate of drug-likeness (QED) is 0.715. The molecule has 0 unspecified atom stereocenters. The van der Waals surface area contributed by atoms with Crippen molar-refractivity contribution in [1.82, 2.24) is 10.3 Å². The SMILES string of the molecule is CC(C)(C)OC(=O)NCCc1cnccc1-c1cccc2ccsc12. The van der Waals surface area contributed by atoms with Crippen LogP contribution in [0.5, 0.6) is 0 Å². The van der Waals surface area contributed by atoms with Crippen LogP contribution in [0.1, 0.15) is 26.3 Å². The Bertz CT molecular complexity index is 881. The molecule has 0 aliphatic carbocycles. The Labute approximate surface area is 151 Å². The zero-order chi connectivity index (χ0) is 17.9. The van der Waals surface area contributed by atoms with Crippen molar-refractivity contribution < 1.29 is 9.53 Å². The molecule has 0 atom stereocenters. The molecule has 0 saturated carbocycles. The van der Waals surface area contributed by atoms with Gasteiger partial charge in [-0.25, -0.2) is 4.79 Å². The van der Waals surface area contributed by atoms with Crippen molar-refractivity contribution in [2.24, 2.45) is 0 Å². The van der Waals surface area contributed by atoms with Gasteiger partial charge < -0.3 is 10.1 Å². The van der Waals surface area contributed by atoms with Gasteiger partial charge in [0.2, 0.25) is 0 Å². The normalized spacial score (nSPS) is 11.5. The van der Waals surface area contributed by atoms with Gasteiger partial charge in [0.1, 0.15) is 5.60 Å². The summed E-state index contributed by atoms with van der Waals surface area (Å²) in [6.07, 6.45) is 3.99. The van der Waals surface area contributed by atoms with Gasteiger partial charge in [0, 0.05) is 23.6 Å². The summed E-state index contributed by atoms with van der Waals surface area (Å²) in [4.78, 5) is 16.1. The summed E-state index contributed by atoms with van der Waals surface area (Å²) in [5, 5.41) is 6.17. The molecule has 0 aliphatic rings. The van der Waals surface area contributed by atoms with Crippen molar-refractivity contribution in [1.29, 1.82) is 0 Å². The Kier molecular flexibility index (Phi) is 5.04. The fraction of sp³-hybridized carbons (Fsp3) is 0.300. The van der Waals surface area contributed by atoms with E-state index >= 15 is 0 Å². The third-order valence-corrected chi connectivity index (χ3v) is 4.70. The van der Waals surface area contributed by atoms with Crippen LogP contribution in [0, 0.1) is 0 Å². The highest BCUT2D eigenvalue weighted by atomic mass is 32.1. The van der Waals surface area contributed by atoms with E-state index in [9.17, 15) is 4.79 Å². The number of ether oxygens (including phenoxy) is 1. The van der Waals surface area contributed by atoms with Gasteiger partial charge in [-0.05, 0) is 66.8 Å². The number of nitrogens with one attached hydrogen (secondary N) is 1. The summed E-state index contributed by atoms with van der Waals surface area (Å²) in [7, 11) is 0. The van der Waals surface area contributed by atoms with Crippen LogP contribution in [-0.4, -0.2) is 23.2 Å². The summed E-state index contributed by atoms with van der Waals surface area (Å²) in [5.74, 6) is 0. The average molecular weight is 354 g/mol. The van der Waals surface area contributed by atoms with E-state index in [1.54, 1.807) is 11.3 Å². The molecule has 3 rings (SSSR count). The van der Waals surface area contributed by atoms with Crippen LogP contribution in [0.25, 0.3) is 21.2 Å². The first-order chi connectivity index (χ1) is 11.9. The van der Waals surface area contributed by atoms with E-state index in [0.717, 1.165) is 11.1 Å². The summed E-state index contributed by atoms with van der Waals surface area (Å²) in [6, 6.07) is 10.5.